The lowest BCUT2D eigenvalue weighted by molar-refractivity contribution is -0.144. The van der Waals surface area contributed by atoms with Gasteiger partial charge in [0.25, 0.3) is 11.8 Å². The Morgan fingerprint density at radius 2 is 1.23 bits per heavy atom. The van der Waals surface area contributed by atoms with Crippen LogP contribution in [0.3, 0.4) is 0 Å². The number of fused-ring (bicyclic) bond motifs is 1. The van der Waals surface area contributed by atoms with Gasteiger partial charge in [-0.1, -0.05) is 45.9 Å². The first-order chi connectivity index (χ1) is 26.9. The molecule has 0 bridgehead atoms. The Morgan fingerprint density at radius 3 is 1.81 bits per heavy atom. The molecule has 5 amide bonds. The smallest absolute Gasteiger partial charge is 0.326 e. The molecule has 57 heavy (non-hydrogen) atoms. The number of H-pyrrole nitrogens is 1. The van der Waals surface area contributed by atoms with Gasteiger partial charge in [0.2, 0.25) is 17.7 Å². The van der Waals surface area contributed by atoms with Crippen LogP contribution in [0.4, 0.5) is 5.69 Å². The van der Waals surface area contributed by atoms with E-state index in [9.17, 15) is 59.1 Å². The van der Waals surface area contributed by atoms with E-state index in [-0.39, 0.29) is 23.2 Å². The van der Waals surface area contributed by atoms with Gasteiger partial charge in [0.05, 0.1) is 6.42 Å². The maximum Gasteiger partial charge on any atom is 0.326 e. The quantitative estimate of drug-likeness (QED) is 0.0687. The number of anilines is 1. The lowest BCUT2D eigenvalue weighted by Crippen LogP contribution is -2.59. The van der Waals surface area contributed by atoms with Crippen LogP contribution in [-0.4, -0.2) is 96.2 Å². The first-order valence-corrected chi connectivity index (χ1v) is 17.7. The molecule has 0 fully saturated rings. The standard InChI is InChI=1S/C39H44N6O12/c1-18(2)31(38(55)43-27(16-30(48)49)37(54)45-32(19(3)4)39(56)57)44-36(53)26(13-22-17-40-25-8-6-5-7-24(22)25)42-34(51)20-9-11-23(12-10-20)41-35(52)21-14-28(46)33(50)29(47)15-21/h5-12,14-15,17-19,26-27,31-32,40,46-47,50H,13,16H2,1-4H3,(H,41,52)(H,42,51)(H,43,55)(H,44,53)(H,45,54)(H,48,49)(H,56,57)/t26-,27-,31-,32-/m0/s1. The van der Waals surface area contributed by atoms with Gasteiger partial charge in [-0.15, -0.1) is 0 Å². The number of aromatic amines is 1. The predicted octanol–water partition coefficient (Wildman–Crippen LogP) is 2.20. The highest BCUT2D eigenvalue weighted by atomic mass is 16.4. The molecule has 1 aromatic heterocycles. The number of hydrogen-bond donors (Lipinski definition) is 11. The Morgan fingerprint density at radius 1 is 0.649 bits per heavy atom. The molecule has 3 aromatic carbocycles. The fourth-order valence-corrected chi connectivity index (χ4v) is 5.82. The largest absolute Gasteiger partial charge is 0.504 e. The topological polar surface area (TPSA) is 297 Å². The Bertz CT molecular complexity index is 2140. The Hall–Kier alpha value is -7.11. The van der Waals surface area contributed by atoms with Crippen molar-refractivity contribution >= 4 is 58.1 Å². The molecule has 0 radical (unpaired) electrons. The van der Waals surface area contributed by atoms with Crippen LogP contribution < -0.4 is 26.6 Å². The molecule has 302 valence electrons. The van der Waals surface area contributed by atoms with Crippen molar-refractivity contribution in [1.29, 1.82) is 0 Å². The number of carboxylic acids is 2. The summed E-state index contributed by atoms with van der Waals surface area (Å²) in [5.41, 5.74) is 1.55. The second-order valence-electron chi connectivity index (χ2n) is 13.9. The third-order valence-corrected chi connectivity index (χ3v) is 8.95. The summed E-state index contributed by atoms with van der Waals surface area (Å²) in [6, 6.07) is 8.97. The Kier molecular flexibility index (Phi) is 13.8. The minimum Gasteiger partial charge on any atom is -0.504 e. The van der Waals surface area contributed by atoms with Gasteiger partial charge in [0.1, 0.15) is 24.2 Å². The van der Waals surface area contributed by atoms with E-state index in [1.165, 1.54) is 38.1 Å². The van der Waals surface area contributed by atoms with Crippen LogP contribution in [0.1, 0.15) is 60.4 Å². The highest BCUT2D eigenvalue weighted by molar-refractivity contribution is 6.05. The van der Waals surface area contributed by atoms with Gasteiger partial charge >= 0.3 is 11.9 Å². The van der Waals surface area contributed by atoms with E-state index >= 15 is 0 Å². The van der Waals surface area contributed by atoms with Crippen LogP contribution in [0.2, 0.25) is 0 Å². The third kappa shape index (κ3) is 11.0. The van der Waals surface area contributed by atoms with E-state index in [0.717, 1.165) is 23.0 Å². The number of phenolic OH excluding ortho intramolecular Hbond substituents is 3. The van der Waals surface area contributed by atoms with Crippen LogP contribution in [-0.2, 0) is 30.4 Å². The fraction of sp³-hybridized carbons (Fsp3) is 0.308. The van der Waals surface area contributed by atoms with Crippen molar-refractivity contribution in [3.63, 3.8) is 0 Å². The molecular formula is C39H44N6O12. The molecule has 11 N–H and O–H groups in total. The zero-order chi connectivity index (χ0) is 42.1. The number of carbonyl (C=O) groups is 7. The van der Waals surface area contributed by atoms with Crippen molar-refractivity contribution < 1.29 is 59.1 Å². The monoisotopic (exact) mass is 788 g/mol. The van der Waals surface area contributed by atoms with E-state index in [4.69, 9.17) is 0 Å². The number of carbonyl (C=O) groups excluding carboxylic acids is 5. The molecule has 4 atom stereocenters. The summed E-state index contributed by atoms with van der Waals surface area (Å²) in [6.45, 7) is 6.26. The first-order valence-electron chi connectivity index (χ1n) is 17.7. The summed E-state index contributed by atoms with van der Waals surface area (Å²) in [5.74, 6) is -10.4. The minimum absolute atomic E-state index is 0.0513. The van der Waals surface area contributed by atoms with Gasteiger partial charge in [0.15, 0.2) is 17.2 Å². The van der Waals surface area contributed by atoms with E-state index in [0.29, 0.717) is 5.56 Å². The van der Waals surface area contributed by atoms with Gasteiger partial charge in [-0.3, -0.25) is 28.8 Å². The molecule has 4 aromatic rings. The molecule has 18 nitrogen and oxygen atoms in total. The number of aromatic nitrogens is 1. The second-order valence-corrected chi connectivity index (χ2v) is 13.9. The van der Waals surface area contributed by atoms with Gasteiger partial charge in [-0.25, -0.2) is 4.79 Å². The Labute approximate surface area is 325 Å². The van der Waals surface area contributed by atoms with Gasteiger partial charge in [-0.05, 0) is 59.9 Å². The molecule has 1 heterocycles. The van der Waals surface area contributed by atoms with E-state index in [1.807, 2.05) is 18.2 Å². The maximum atomic E-state index is 14.0. The molecule has 18 heteroatoms. The van der Waals surface area contributed by atoms with Crippen LogP contribution in [0.15, 0.2) is 66.9 Å². The number of rotatable bonds is 17. The maximum absolute atomic E-state index is 14.0. The average molecular weight is 789 g/mol. The molecule has 0 aliphatic heterocycles. The predicted molar refractivity (Wildman–Crippen MR) is 204 cm³/mol. The number of carboxylic acid groups (broad SMARTS) is 2. The summed E-state index contributed by atoms with van der Waals surface area (Å²) < 4.78 is 0. The lowest BCUT2D eigenvalue weighted by atomic mass is 9.99. The number of hydrogen-bond acceptors (Lipinski definition) is 10. The molecular weight excluding hydrogens is 744 g/mol. The van der Waals surface area contributed by atoms with E-state index in [1.54, 1.807) is 26.1 Å². The molecule has 0 spiro atoms. The molecule has 0 aliphatic carbocycles. The number of para-hydroxylation sites is 1. The van der Waals surface area contributed by atoms with Crippen molar-refractivity contribution in [3.05, 3.63) is 83.6 Å². The third-order valence-electron chi connectivity index (χ3n) is 8.95. The van der Waals surface area contributed by atoms with E-state index < -0.39 is 101 Å². The minimum atomic E-state index is -1.69. The number of benzene rings is 3. The molecule has 0 unspecified atom stereocenters. The van der Waals surface area contributed by atoms with Crippen molar-refractivity contribution in [2.45, 2.75) is 64.7 Å². The van der Waals surface area contributed by atoms with Crippen molar-refractivity contribution in [1.82, 2.24) is 26.3 Å². The van der Waals surface area contributed by atoms with Gasteiger partial charge in [0, 0.05) is 40.3 Å². The van der Waals surface area contributed by atoms with Crippen LogP contribution in [0.25, 0.3) is 10.9 Å². The summed E-state index contributed by atoms with van der Waals surface area (Å²) in [7, 11) is 0. The highest BCUT2D eigenvalue weighted by Gasteiger charge is 2.34. The Balaban J connectivity index is 1.55. The van der Waals surface area contributed by atoms with Crippen LogP contribution >= 0.6 is 0 Å². The molecule has 4 rings (SSSR count). The summed E-state index contributed by atoms with van der Waals surface area (Å²) >= 11 is 0. The number of nitrogens with one attached hydrogen (secondary N) is 6. The van der Waals surface area contributed by atoms with Crippen LogP contribution in [0.5, 0.6) is 17.2 Å². The normalized spacial score (nSPS) is 13.2. The summed E-state index contributed by atoms with van der Waals surface area (Å²) in [6.07, 6.45) is 0.738. The van der Waals surface area contributed by atoms with Gasteiger partial charge < -0.3 is 57.1 Å². The second kappa shape index (κ2) is 18.5. The first kappa shape index (κ1) is 42.6. The number of aromatic hydroxyl groups is 3. The number of amides is 5. The summed E-state index contributed by atoms with van der Waals surface area (Å²) in [5, 5.41) is 61.2. The van der Waals surface area contributed by atoms with Crippen molar-refractivity contribution in [3.8, 4) is 17.2 Å². The zero-order valence-electron chi connectivity index (χ0n) is 31.3. The zero-order valence-corrected chi connectivity index (χ0v) is 31.3. The number of phenols is 3. The number of aliphatic carboxylic acids is 2. The molecule has 0 saturated carbocycles. The fourth-order valence-electron chi connectivity index (χ4n) is 5.82. The summed E-state index contributed by atoms with van der Waals surface area (Å²) in [4.78, 5) is 93.3. The molecule has 0 aliphatic rings. The van der Waals surface area contributed by atoms with Crippen molar-refractivity contribution in [2.75, 3.05) is 5.32 Å². The van der Waals surface area contributed by atoms with Crippen molar-refractivity contribution in [2.24, 2.45) is 11.8 Å². The lowest BCUT2D eigenvalue weighted by Gasteiger charge is -2.28. The molecule has 0 saturated heterocycles. The van der Waals surface area contributed by atoms with E-state index in [2.05, 4.69) is 31.6 Å². The van der Waals surface area contributed by atoms with Crippen LogP contribution in [0, 0.1) is 11.8 Å². The SMILES string of the molecule is CC(C)[C@H](NC(=O)[C@H](CC(=O)O)NC(=O)[C@@H](NC(=O)[C@H](Cc1c[nH]c2ccccc12)NC(=O)c1ccc(NC(=O)c2cc(O)c(O)c(O)c2)cc1)C(C)C)C(=O)O. The average Bonchev–Trinajstić information content (AvgIpc) is 3.56. The highest BCUT2D eigenvalue weighted by Crippen LogP contribution is 2.35. The van der Waals surface area contributed by atoms with Gasteiger partial charge in [-0.2, -0.15) is 0 Å².